The summed E-state index contributed by atoms with van der Waals surface area (Å²) in [6.45, 7) is 1.70. The summed E-state index contributed by atoms with van der Waals surface area (Å²) in [6.07, 6.45) is 0.0102. The highest BCUT2D eigenvalue weighted by Crippen LogP contribution is 2.25. The summed E-state index contributed by atoms with van der Waals surface area (Å²) in [5.41, 5.74) is 0. The normalized spacial score (nSPS) is 19.1. The second-order valence-corrected chi connectivity index (χ2v) is 7.83. The Balaban J connectivity index is 1.90. The lowest BCUT2D eigenvalue weighted by atomic mass is 9.98. The van der Waals surface area contributed by atoms with Gasteiger partial charge in [0.05, 0.1) is 11.5 Å². The smallest absolute Gasteiger partial charge is 0.317 e. The minimum Gasteiger partial charge on any atom is -0.465 e. The van der Waals surface area contributed by atoms with Crippen LogP contribution in [0.25, 0.3) is 10.8 Å². The highest BCUT2D eigenvalue weighted by molar-refractivity contribution is 7.89. The highest BCUT2D eigenvalue weighted by Gasteiger charge is 2.39. The third-order valence-electron chi connectivity index (χ3n) is 4.31. The van der Waals surface area contributed by atoms with Gasteiger partial charge in [0.2, 0.25) is 10.0 Å². The van der Waals surface area contributed by atoms with Crippen molar-refractivity contribution in [3.8, 4) is 0 Å². The number of nitrogens with zero attached hydrogens (tertiary/aromatic N) is 1. The number of hydrogen-bond acceptors (Lipinski definition) is 5. The Hall–Kier alpha value is -2.25. The SMILES string of the molecule is CCOC(=O)C1CN(S(=O)(=O)c2ccc3ccccc3c2)CCC1=O. The van der Waals surface area contributed by atoms with Crippen molar-refractivity contribution in [3.63, 3.8) is 0 Å². The van der Waals surface area contributed by atoms with Gasteiger partial charge in [-0.15, -0.1) is 0 Å². The molecule has 1 aliphatic rings. The number of rotatable bonds is 4. The molecule has 0 aliphatic carbocycles. The Morgan fingerprint density at radius 2 is 1.92 bits per heavy atom. The van der Waals surface area contributed by atoms with E-state index in [0.29, 0.717) is 0 Å². The molecule has 0 N–H and O–H groups in total. The van der Waals surface area contributed by atoms with E-state index in [4.69, 9.17) is 4.74 Å². The fourth-order valence-electron chi connectivity index (χ4n) is 2.95. The number of Topliss-reactive ketones (excluding diaryl/α,β-unsaturated/α-hetero) is 1. The van der Waals surface area contributed by atoms with Gasteiger partial charge >= 0.3 is 5.97 Å². The molecule has 3 rings (SSSR count). The van der Waals surface area contributed by atoms with Crippen molar-refractivity contribution in [2.24, 2.45) is 5.92 Å². The number of sulfonamides is 1. The van der Waals surface area contributed by atoms with Gasteiger partial charge in [0.25, 0.3) is 0 Å². The van der Waals surface area contributed by atoms with E-state index in [-0.39, 0.29) is 36.8 Å². The lowest BCUT2D eigenvalue weighted by Crippen LogP contribution is -2.47. The average molecular weight is 361 g/mol. The topological polar surface area (TPSA) is 80.8 Å². The molecule has 132 valence electrons. The Morgan fingerprint density at radius 3 is 2.64 bits per heavy atom. The molecule has 1 atom stereocenters. The number of piperidine rings is 1. The lowest BCUT2D eigenvalue weighted by Gasteiger charge is -2.29. The Labute approximate surface area is 146 Å². The highest BCUT2D eigenvalue weighted by atomic mass is 32.2. The number of carbonyl (C=O) groups excluding carboxylic acids is 2. The van der Waals surface area contributed by atoms with Gasteiger partial charge in [0, 0.05) is 19.5 Å². The Kier molecular flexibility index (Phi) is 4.87. The Bertz CT molecular complexity index is 922. The van der Waals surface area contributed by atoms with E-state index in [1.807, 2.05) is 24.3 Å². The van der Waals surface area contributed by atoms with E-state index in [0.717, 1.165) is 10.8 Å². The maximum absolute atomic E-state index is 12.9. The molecule has 25 heavy (non-hydrogen) atoms. The first-order valence-electron chi connectivity index (χ1n) is 8.12. The summed E-state index contributed by atoms with van der Waals surface area (Å²) in [5, 5.41) is 1.76. The molecule has 1 aliphatic heterocycles. The lowest BCUT2D eigenvalue weighted by molar-refractivity contribution is -0.153. The van der Waals surface area contributed by atoms with Crippen LogP contribution < -0.4 is 0 Å². The van der Waals surface area contributed by atoms with Gasteiger partial charge in [-0.25, -0.2) is 8.42 Å². The van der Waals surface area contributed by atoms with Gasteiger partial charge in [-0.3, -0.25) is 9.59 Å². The maximum atomic E-state index is 12.9. The maximum Gasteiger partial charge on any atom is 0.317 e. The first-order chi connectivity index (χ1) is 11.9. The molecule has 1 fully saturated rings. The zero-order chi connectivity index (χ0) is 18.0. The summed E-state index contributed by atoms with van der Waals surface area (Å²) in [7, 11) is -3.78. The van der Waals surface area contributed by atoms with Crippen LogP contribution >= 0.6 is 0 Å². The van der Waals surface area contributed by atoms with Crippen LogP contribution in [-0.4, -0.2) is 44.2 Å². The third-order valence-corrected chi connectivity index (χ3v) is 6.17. The van der Waals surface area contributed by atoms with Gasteiger partial charge in [-0.2, -0.15) is 4.31 Å². The number of ketones is 1. The number of benzene rings is 2. The van der Waals surface area contributed by atoms with Crippen molar-refractivity contribution in [1.82, 2.24) is 4.31 Å². The largest absolute Gasteiger partial charge is 0.465 e. The van der Waals surface area contributed by atoms with Crippen LogP contribution in [-0.2, 0) is 24.3 Å². The molecule has 0 bridgehead atoms. The van der Waals surface area contributed by atoms with Gasteiger partial charge in [0.1, 0.15) is 11.7 Å². The van der Waals surface area contributed by atoms with Crippen molar-refractivity contribution in [3.05, 3.63) is 42.5 Å². The molecule has 2 aromatic carbocycles. The predicted octanol–water partition coefficient (Wildman–Crippen LogP) is 1.98. The summed E-state index contributed by atoms with van der Waals surface area (Å²) < 4.78 is 31.9. The Morgan fingerprint density at radius 1 is 1.20 bits per heavy atom. The first-order valence-corrected chi connectivity index (χ1v) is 9.56. The molecule has 2 aromatic rings. The third kappa shape index (κ3) is 3.43. The zero-order valence-corrected chi connectivity index (χ0v) is 14.7. The van der Waals surface area contributed by atoms with Crippen LogP contribution in [0, 0.1) is 5.92 Å². The second kappa shape index (κ2) is 6.93. The number of hydrogen-bond donors (Lipinski definition) is 0. The molecule has 0 saturated carbocycles. The first kappa shape index (κ1) is 17.6. The molecule has 1 saturated heterocycles. The summed E-state index contributed by atoms with van der Waals surface area (Å²) >= 11 is 0. The number of ether oxygens (including phenoxy) is 1. The van der Waals surface area contributed by atoms with Crippen LogP contribution in [0.15, 0.2) is 47.4 Å². The number of fused-ring (bicyclic) bond motifs is 1. The molecule has 7 heteroatoms. The minimum absolute atomic E-state index is 0.0102. The van der Waals surface area contributed by atoms with Crippen LogP contribution in [0.2, 0.25) is 0 Å². The fraction of sp³-hybridized carbons (Fsp3) is 0.333. The summed E-state index contributed by atoms with van der Waals surface area (Å²) in [5.74, 6) is -1.99. The van der Waals surface area contributed by atoms with E-state index >= 15 is 0 Å². The van der Waals surface area contributed by atoms with Gasteiger partial charge in [-0.05, 0) is 29.8 Å². The monoisotopic (exact) mass is 361 g/mol. The van der Waals surface area contributed by atoms with Crippen molar-refractivity contribution in [2.75, 3.05) is 19.7 Å². The number of carbonyl (C=O) groups is 2. The fourth-order valence-corrected chi connectivity index (χ4v) is 4.44. The molecule has 1 unspecified atom stereocenters. The van der Waals surface area contributed by atoms with E-state index < -0.39 is 21.9 Å². The zero-order valence-electron chi connectivity index (χ0n) is 13.8. The van der Waals surface area contributed by atoms with Crippen LogP contribution in [0.4, 0.5) is 0 Å². The van der Waals surface area contributed by atoms with Crippen LogP contribution in [0.3, 0.4) is 0 Å². The van der Waals surface area contributed by atoms with Crippen molar-refractivity contribution in [1.29, 1.82) is 0 Å². The molecule has 0 aromatic heterocycles. The van der Waals surface area contributed by atoms with Crippen molar-refractivity contribution in [2.45, 2.75) is 18.2 Å². The number of esters is 1. The van der Waals surface area contributed by atoms with E-state index in [9.17, 15) is 18.0 Å². The molecule has 0 radical (unpaired) electrons. The minimum atomic E-state index is -3.78. The quantitative estimate of drug-likeness (QED) is 0.614. The summed E-state index contributed by atoms with van der Waals surface area (Å²) in [4.78, 5) is 24.1. The molecule has 0 amide bonds. The molecular formula is C18H19NO5S. The molecule has 1 heterocycles. The van der Waals surface area contributed by atoms with Gasteiger partial charge < -0.3 is 4.74 Å². The standard InChI is InChI=1S/C18H19NO5S/c1-2-24-18(21)16-12-19(10-9-17(16)20)25(22,23)15-8-7-13-5-3-4-6-14(13)11-15/h3-8,11,16H,2,9-10,12H2,1H3. The van der Waals surface area contributed by atoms with E-state index in [2.05, 4.69) is 0 Å². The molecule has 0 spiro atoms. The average Bonchev–Trinajstić information content (AvgIpc) is 2.61. The van der Waals surface area contributed by atoms with Crippen molar-refractivity contribution < 1.29 is 22.7 Å². The summed E-state index contributed by atoms with van der Waals surface area (Å²) in [6, 6.07) is 12.4. The van der Waals surface area contributed by atoms with Crippen LogP contribution in [0.1, 0.15) is 13.3 Å². The van der Waals surface area contributed by atoms with E-state index in [1.54, 1.807) is 25.1 Å². The molecule has 6 nitrogen and oxygen atoms in total. The van der Waals surface area contributed by atoms with Crippen LogP contribution in [0.5, 0.6) is 0 Å². The van der Waals surface area contributed by atoms with Gasteiger partial charge in [-0.1, -0.05) is 30.3 Å². The second-order valence-electron chi connectivity index (χ2n) is 5.89. The molecular weight excluding hydrogens is 342 g/mol. The van der Waals surface area contributed by atoms with Gasteiger partial charge in [0.15, 0.2) is 0 Å². The van der Waals surface area contributed by atoms with E-state index in [1.165, 1.54) is 4.31 Å². The predicted molar refractivity (Wildman–Crippen MR) is 92.5 cm³/mol. The van der Waals surface area contributed by atoms with Crippen molar-refractivity contribution >= 4 is 32.5 Å².